The maximum absolute atomic E-state index is 12.9. The molecule has 0 saturated heterocycles. The van der Waals surface area contributed by atoms with Gasteiger partial charge in [0.1, 0.15) is 28.9 Å². The molecule has 0 aliphatic rings. The summed E-state index contributed by atoms with van der Waals surface area (Å²) in [5, 5.41) is 32.6. The van der Waals surface area contributed by atoms with Crippen molar-refractivity contribution in [2.75, 3.05) is 19.8 Å². The summed E-state index contributed by atoms with van der Waals surface area (Å²) in [5.41, 5.74) is 7.13. The van der Waals surface area contributed by atoms with Crippen molar-refractivity contribution in [3.63, 3.8) is 0 Å². The van der Waals surface area contributed by atoms with Crippen molar-refractivity contribution < 1.29 is 39.1 Å². The van der Waals surface area contributed by atoms with Crippen molar-refractivity contribution in [2.45, 2.75) is 145 Å². The molecule has 0 radical (unpaired) electrons. The molecule has 0 amide bonds. The van der Waals surface area contributed by atoms with Crippen LogP contribution in [0.3, 0.4) is 0 Å². The third-order valence-corrected chi connectivity index (χ3v) is 9.93. The topological polar surface area (TPSA) is 173 Å². The number of hydrogen-bond donors (Lipinski definition) is 4. The Hall–Kier alpha value is -4.22. The molecule has 0 rings (SSSR count). The van der Waals surface area contributed by atoms with E-state index in [0.29, 0.717) is 50.2 Å². The van der Waals surface area contributed by atoms with Gasteiger partial charge in [-0.05, 0) is 69.6 Å². The number of allylic oxidation sites excluding steroid dienone is 6. The number of aliphatic imine (C=N–C) groups is 2. The summed E-state index contributed by atoms with van der Waals surface area (Å²) in [6, 6.07) is 0. The Morgan fingerprint density at radius 3 is 1.93 bits per heavy atom. The summed E-state index contributed by atoms with van der Waals surface area (Å²) in [6.45, 7) is 23.7. The van der Waals surface area contributed by atoms with Gasteiger partial charge in [0.2, 0.25) is 0 Å². The highest BCUT2D eigenvalue weighted by molar-refractivity contribution is 5.86. The van der Waals surface area contributed by atoms with Crippen molar-refractivity contribution in [2.24, 2.45) is 39.4 Å². The molecule has 0 bridgehead atoms. The Balaban J connectivity index is 6.79. The summed E-state index contributed by atoms with van der Waals surface area (Å²) in [5.74, 6) is -1.91. The molecule has 5 unspecified atom stereocenters. The number of carbonyl (C=O) groups excluding carboxylic acids is 2. The first kappa shape index (κ1) is 53.8. The quantitative estimate of drug-likeness (QED) is 0.0129. The van der Waals surface area contributed by atoms with Crippen LogP contribution >= 0.6 is 0 Å². The Kier molecular flexibility index (Phi) is 30.3. The number of rotatable bonds is 32. The Morgan fingerprint density at radius 1 is 0.828 bits per heavy atom. The molecule has 58 heavy (non-hydrogen) atoms. The molecule has 0 heterocycles. The van der Waals surface area contributed by atoms with Gasteiger partial charge in [-0.2, -0.15) is 0 Å². The number of nitrogens with zero attached hydrogens (tertiary/aromatic N) is 2. The van der Waals surface area contributed by atoms with Crippen molar-refractivity contribution in [3.8, 4) is 0 Å². The largest absolute Gasteiger partial charge is 0.511 e. The SMILES string of the molecule is C=C/C(=C\C=C(/CO)C(N=CC(=C/CC)/C(O)=C\COCC(CC)CCCC)N=C(N)C(C)/C(O)=C\C(=C)OC(=O)C(CC)CCCC)OC(=O)C(CC)CCCC. The molecule has 0 saturated carbocycles. The van der Waals surface area contributed by atoms with Crippen LogP contribution in [0.2, 0.25) is 0 Å². The van der Waals surface area contributed by atoms with E-state index in [1.54, 1.807) is 19.1 Å². The van der Waals surface area contributed by atoms with E-state index in [1.165, 1.54) is 30.5 Å². The number of esters is 2. The second kappa shape index (κ2) is 32.7. The van der Waals surface area contributed by atoms with Crippen molar-refractivity contribution in [3.05, 3.63) is 83.8 Å². The monoisotopic (exact) mass is 812 g/mol. The summed E-state index contributed by atoms with van der Waals surface area (Å²) in [7, 11) is 0. The van der Waals surface area contributed by atoms with E-state index < -0.39 is 24.7 Å². The smallest absolute Gasteiger partial charge is 0.314 e. The molecular weight excluding hydrogens is 735 g/mol. The van der Waals surface area contributed by atoms with Crippen LogP contribution < -0.4 is 5.73 Å². The molecule has 0 aliphatic carbocycles. The van der Waals surface area contributed by atoms with Gasteiger partial charge in [0.15, 0.2) is 6.17 Å². The molecule has 11 nitrogen and oxygen atoms in total. The van der Waals surface area contributed by atoms with Gasteiger partial charge < -0.3 is 35.3 Å². The average Bonchev–Trinajstić information content (AvgIpc) is 3.21. The van der Waals surface area contributed by atoms with E-state index in [2.05, 4.69) is 50.8 Å². The number of nitrogens with two attached hydrogens (primary N) is 1. The normalized spacial score (nSPS) is 16.2. The number of ether oxygens (including phenoxy) is 3. The number of carbonyl (C=O) groups is 2. The highest BCUT2D eigenvalue weighted by atomic mass is 16.5. The fourth-order valence-electron chi connectivity index (χ4n) is 5.76. The van der Waals surface area contributed by atoms with Gasteiger partial charge in [-0.3, -0.25) is 14.6 Å². The van der Waals surface area contributed by atoms with Gasteiger partial charge in [-0.25, -0.2) is 4.99 Å². The number of unbranched alkanes of at least 4 members (excludes halogenated alkanes) is 3. The van der Waals surface area contributed by atoms with Gasteiger partial charge in [0.05, 0.1) is 31.0 Å². The lowest BCUT2D eigenvalue weighted by Gasteiger charge is -2.17. The summed E-state index contributed by atoms with van der Waals surface area (Å²) < 4.78 is 17.0. The van der Waals surface area contributed by atoms with E-state index in [4.69, 9.17) is 19.9 Å². The van der Waals surface area contributed by atoms with Gasteiger partial charge in [-0.1, -0.05) is 119 Å². The standard InChI is InChI=1S/C47H77N3O8/c1-11-19-23-36(15-5)33-56-29-28-42(52)39(22-14-4)31-49-45(40(32-51)26-27-41(18-8)58-47(55)38(17-7)25-21-13-3)50-44(48)35(10)43(53)30-34(9)57-46(54)37(16-6)24-20-12-2/h18,22,26-28,30-31,35-38,45,51-53H,8-9,11-17,19-21,23-25,29,32-33H2,1-7,10H3,(H2,48,50)/b39-22-,40-26+,41-27+,42-28+,43-30+,49-31?. The molecule has 11 heteroatoms. The molecule has 0 aromatic carbocycles. The van der Waals surface area contributed by atoms with E-state index in [9.17, 15) is 24.9 Å². The number of hydrogen-bond acceptors (Lipinski definition) is 10. The Bertz CT molecular complexity index is 1450. The fraction of sp³-hybridized carbons (Fsp3) is 0.617. The first-order chi connectivity index (χ1) is 27.8. The van der Waals surface area contributed by atoms with Crippen molar-refractivity contribution >= 4 is 24.0 Å². The lowest BCUT2D eigenvalue weighted by molar-refractivity contribution is -0.145. The van der Waals surface area contributed by atoms with Gasteiger partial charge in [0, 0.05) is 30.0 Å². The zero-order valence-corrected chi connectivity index (χ0v) is 37.0. The molecule has 0 aromatic rings. The molecule has 5 N–H and O–H groups in total. The second-order valence-electron chi connectivity index (χ2n) is 14.6. The van der Waals surface area contributed by atoms with Crippen molar-refractivity contribution in [1.29, 1.82) is 0 Å². The van der Waals surface area contributed by atoms with Crippen molar-refractivity contribution in [1.82, 2.24) is 0 Å². The molecular formula is C47H77N3O8. The summed E-state index contributed by atoms with van der Waals surface area (Å²) in [4.78, 5) is 34.9. The van der Waals surface area contributed by atoms with Gasteiger partial charge in [0.25, 0.3) is 0 Å². The third-order valence-electron chi connectivity index (χ3n) is 9.93. The first-order valence-corrected chi connectivity index (χ1v) is 21.5. The van der Waals surface area contributed by atoms with Crippen LogP contribution in [0.4, 0.5) is 0 Å². The third kappa shape index (κ3) is 22.1. The minimum absolute atomic E-state index is 0.0336. The number of amidine groups is 1. The van der Waals surface area contributed by atoms with E-state index >= 15 is 0 Å². The molecule has 0 aliphatic heterocycles. The van der Waals surface area contributed by atoms with Crippen LogP contribution in [0, 0.1) is 23.7 Å². The Labute approximate surface area is 350 Å². The molecule has 0 aromatic heterocycles. The fourth-order valence-corrected chi connectivity index (χ4v) is 5.76. The van der Waals surface area contributed by atoms with Gasteiger partial charge in [-0.15, -0.1) is 0 Å². The Morgan fingerprint density at radius 2 is 1.41 bits per heavy atom. The van der Waals surface area contributed by atoms with E-state index in [-0.39, 0.29) is 58.9 Å². The van der Waals surface area contributed by atoms with Gasteiger partial charge >= 0.3 is 11.9 Å². The lowest BCUT2D eigenvalue weighted by atomic mass is 10.00. The molecule has 328 valence electrons. The van der Waals surface area contributed by atoms with Crippen LogP contribution in [0.25, 0.3) is 0 Å². The predicted octanol–water partition coefficient (Wildman–Crippen LogP) is 10.9. The average molecular weight is 812 g/mol. The van der Waals surface area contributed by atoms with Crippen LogP contribution in [-0.4, -0.2) is 65.3 Å². The highest BCUT2D eigenvalue weighted by Gasteiger charge is 2.22. The minimum Gasteiger partial charge on any atom is -0.511 e. The lowest BCUT2D eigenvalue weighted by Crippen LogP contribution is -2.26. The molecule has 0 spiro atoms. The zero-order valence-electron chi connectivity index (χ0n) is 37.0. The first-order valence-electron chi connectivity index (χ1n) is 21.5. The maximum atomic E-state index is 12.9. The summed E-state index contributed by atoms with van der Waals surface area (Å²) >= 11 is 0. The number of aliphatic hydroxyl groups is 3. The number of aliphatic hydroxyl groups excluding tert-OH is 3. The predicted molar refractivity (Wildman–Crippen MR) is 238 cm³/mol. The molecule has 0 fully saturated rings. The summed E-state index contributed by atoms with van der Waals surface area (Å²) in [6.07, 6.45) is 20.7. The minimum atomic E-state index is -1.13. The maximum Gasteiger partial charge on any atom is 0.314 e. The second-order valence-corrected chi connectivity index (χ2v) is 14.6. The van der Waals surface area contributed by atoms with E-state index in [1.807, 2.05) is 20.8 Å². The van der Waals surface area contributed by atoms with Crippen LogP contribution in [-0.2, 0) is 23.8 Å². The van der Waals surface area contributed by atoms with Crippen LogP contribution in [0.1, 0.15) is 139 Å². The van der Waals surface area contributed by atoms with Crippen LogP contribution in [0.5, 0.6) is 0 Å². The van der Waals surface area contributed by atoms with Crippen LogP contribution in [0.15, 0.2) is 93.8 Å². The zero-order chi connectivity index (χ0) is 43.9. The van der Waals surface area contributed by atoms with E-state index in [0.717, 1.165) is 51.4 Å². The highest BCUT2D eigenvalue weighted by Crippen LogP contribution is 2.21. The molecule has 5 atom stereocenters.